The van der Waals surface area contributed by atoms with E-state index in [2.05, 4.69) is 29.4 Å². The maximum Gasteiger partial charge on any atom is 0.229 e. The first-order valence-electron chi connectivity index (χ1n) is 11.4. The third-order valence-corrected chi connectivity index (χ3v) is 6.36. The van der Waals surface area contributed by atoms with E-state index >= 15 is 0 Å². The van der Waals surface area contributed by atoms with E-state index < -0.39 is 5.92 Å². The average Bonchev–Trinajstić information content (AvgIpc) is 3.48. The third-order valence-electron chi connectivity index (χ3n) is 6.36. The van der Waals surface area contributed by atoms with Crippen LogP contribution in [-0.2, 0) is 16.6 Å². The molecule has 170 valence electrons. The van der Waals surface area contributed by atoms with Crippen molar-refractivity contribution in [1.82, 2.24) is 25.1 Å². The molecule has 0 radical (unpaired) electrons. The van der Waals surface area contributed by atoms with Crippen molar-refractivity contribution in [2.24, 2.45) is 18.9 Å². The van der Waals surface area contributed by atoms with Gasteiger partial charge in [0.2, 0.25) is 11.8 Å². The van der Waals surface area contributed by atoms with Crippen molar-refractivity contribution in [2.45, 2.75) is 32.7 Å². The molecule has 1 saturated heterocycles. The minimum atomic E-state index is -0.433. The number of imidazole rings is 1. The molecule has 2 aromatic heterocycles. The SMILES string of the molecule is CC(C)C[C@H](NC(=O)[C@H]1CC(=O)N(c2n[nH]c3ccccc23)C1)c1nc2ccccc2n1C. The summed E-state index contributed by atoms with van der Waals surface area (Å²) in [7, 11) is 1.98. The number of para-hydroxylation sites is 3. The number of H-pyrrole nitrogens is 1. The molecule has 2 aromatic carbocycles. The standard InChI is InChI=1S/C25H28N6O2/c1-15(2)12-20(24-26-19-10-6-7-11-21(19)30(24)3)27-25(33)16-13-22(32)31(14-16)23-17-8-4-5-9-18(17)28-29-23/h4-11,15-16,20H,12-14H2,1-3H3,(H,27,33)(H,28,29)/t16-,20-/m0/s1. The molecule has 1 fully saturated rings. The number of nitrogens with zero attached hydrogens (tertiary/aromatic N) is 4. The second-order valence-corrected chi connectivity index (χ2v) is 9.21. The topological polar surface area (TPSA) is 95.9 Å². The van der Waals surface area contributed by atoms with Gasteiger partial charge in [-0.2, -0.15) is 5.10 Å². The van der Waals surface area contributed by atoms with Crippen molar-refractivity contribution in [2.75, 3.05) is 11.4 Å². The van der Waals surface area contributed by atoms with E-state index in [4.69, 9.17) is 4.98 Å². The molecule has 4 aromatic rings. The fourth-order valence-corrected chi connectivity index (χ4v) is 4.71. The van der Waals surface area contributed by atoms with Crippen molar-refractivity contribution in [3.63, 3.8) is 0 Å². The highest BCUT2D eigenvalue weighted by Gasteiger charge is 2.38. The van der Waals surface area contributed by atoms with E-state index in [1.54, 1.807) is 4.90 Å². The van der Waals surface area contributed by atoms with E-state index in [1.165, 1.54) is 0 Å². The largest absolute Gasteiger partial charge is 0.346 e. The van der Waals surface area contributed by atoms with E-state index in [9.17, 15) is 9.59 Å². The van der Waals surface area contributed by atoms with Crippen LogP contribution >= 0.6 is 0 Å². The van der Waals surface area contributed by atoms with Gasteiger partial charge in [-0.05, 0) is 36.6 Å². The Morgan fingerprint density at radius 3 is 2.73 bits per heavy atom. The van der Waals surface area contributed by atoms with Gasteiger partial charge >= 0.3 is 0 Å². The number of carbonyl (C=O) groups excluding carboxylic acids is 2. The highest BCUT2D eigenvalue weighted by Crippen LogP contribution is 2.31. The van der Waals surface area contributed by atoms with Gasteiger partial charge in [-0.3, -0.25) is 19.6 Å². The lowest BCUT2D eigenvalue weighted by molar-refractivity contribution is -0.127. The minimum Gasteiger partial charge on any atom is -0.346 e. The number of hydrogen-bond acceptors (Lipinski definition) is 4. The quantitative estimate of drug-likeness (QED) is 0.474. The predicted molar refractivity (Wildman–Crippen MR) is 128 cm³/mol. The molecule has 0 spiro atoms. The highest BCUT2D eigenvalue weighted by molar-refractivity contribution is 6.05. The molecule has 0 bridgehead atoms. The Hall–Kier alpha value is -3.68. The number of benzene rings is 2. The first-order valence-corrected chi connectivity index (χ1v) is 11.4. The van der Waals surface area contributed by atoms with Crippen LogP contribution in [0.15, 0.2) is 48.5 Å². The molecule has 0 aliphatic carbocycles. The Kier molecular flexibility index (Phi) is 5.36. The smallest absolute Gasteiger partial charge is 0.229 e. The van der Waals surface area contributed by atoms with Crippen LogP contribution in [0.4, 0.5) is 5.82 Å². The minimum absolute atomic E-state index is 0.0875. The van der Waals surface area contributed by atoms with Gasteiger partial charge < -0.3 is 9.88 Å². The Morgan fingerprint density at radius 2 is 1.94 bits per heavy atom. The van der Waals surface area contributed by atoms with Crippen LogP contribution in [-0.4, -0.2) is 38.1 Å². The number of carbonyl (C=O) groups is 2. The molecule has 3 heterocycles. The van der Waals surface area contributed by atoms with Crippen LogP contribution in [0, 0.1) is 11.8 Å². The maximum absolute atomic E-state index is 13.3. The molecular formula is C25H28N6O2. The van der Waals surface area contributed by atoms with Crippen LogP contribution in [0.5, 0.6) is 0 Å². The summed E-state index contributed by atoms with van der Waals surface area (Å²) in [6.45, 7) is 4.58. The lowest BCUT2D eigenvalue weighted by Crippen LogP contribution is -2.37. The molecule has 2 N–H and O–H groups in total. The maximum atomic E-state index is 13.3. The van der Waals surface area contributed by atoms with Gasteiger partial charge in [0.25, 0.3) is 0 Å². The summed E-state index contributed by atoms with van der Waals surface area (Å²) in [5, 5.41) is 11.4. The Bertz CT molecular complexity index is 1340. The molecule has 0 unspecified atom stereocenters. The van der Waals surface area contributed by atoms with Crippen molar-refractivity contribution in [1.29, 1.82) is 0 Å². The zero-order valence-corrected chi connectivity index (χ0v) is 19.1. The van der Waals surface area contributed by atoms with E-state index in [1.807, 2.05) is 60.1 Å². The number of aromatic amines is 1. The normalized spacial score (nSPS) is 17.4. The molecule has 2 atom stereocenters. The average molecular weight is 445 g/mol. The second-order valence-electron chi connectivity index (χ2n) is 9.21. The van der Waals surface area contributed by atoms with Gasteiger partial charge in [0.1, 0.15) is 5.82 Å². The Balaban J connectivity index is 1.37. The molecule has 2 amide bonds. The van der Waals surface area contributed by atoms with Gasteiger partial charge in [0.05, 0.1) is 28.5 Å². The van der Waals surface area contributed by atoms with Gasteiger partial charge in [0.15, 0.2) is 5.82 Å². The fourth-order valence-electron chi connectivity index (χ4n) is 4.71. The van der Waals surface area contributed by atoms with Gasteiger partial charge in [-0.15, -0.1) is 0 Å². The molecule has 1 aliphatic heterocycles. The Labute approximate surface area is 192 Å². The Morgan fingerprint density at radius 1 is 1.18 bits per heavy atom. The van der Waals surface area contributed by atoms with Gasteiger partial charge in [0, 0.05) is 25.4 Å². The summed E-state index contributed by atoms with van der Waals surface area (Å²) >= 11 is 0. The monoisotopic (exact) mass is 444 g/mol. The lowest BCUT2D eigenvalue weighted by atomic mass is 10.0. The number of rotatable bonds is 6. The molecule has 5 rings (SSSR count). The number of anilines is 1. The summed E-state index contributed by atoms with van der Waals surface area (Å²) in [6, 6.07) is 15.4. The van der Waals surface area contributed by atoms with Crippen molar-refractivity contribution in [3.05, 3.63) is 54.4 Å². The molecule has 0 saturated carbocycles. The zero-order chi connectivity index (χ0) is 23.1. The number of aromatic nitrogens is 4. The van der Waals surface area contributed by atoms with E-state index in [-0.39, 0.29) is 24.3 Å². The third kappa shape index (κ3) is 3.86. The predicted octanol–water partition coefficient (Wildman–Crippen LogP) is 3.71. The number of aryl methyl sites for hydroxylation is 1. The summed E-state index contributed by atoms with van der Waals surface area (Å²) in [5.74, 6) is 1.14. The van der Waals surface area contributed by atoms with Crippen molar-refractivity contribution in [3.8, 4) is 0 Å². The van der Waals surface area contributed by atoms with Crippen LogP contribution in [0.3, 0.4) is 0 Å². The number of hydrogen-bond donors (Lipinski definition) is 2. The van der Waals surface area contributed by atoms with Crippen LogP contribution in [0.25, 0.3) is 21.9 Å². The first kappa shape index (κ1) is 21.2. The second kappa shape index (κ2) is 8.35. The molecular weight excluding hydrogens is 416 g/mol. The van der Waals surface area contributed by atoms with Crippen molar-refractivity contribution >= 4 is 39.6 Å². The van der Waals surface area contributed by atoms with Crippen LogP contribution in [0.2, 0.25) is 0 Å². The summed E-state index contributed by atoms with van der Waals surface area (Å²) in [6.07, 6.45) is 0.932. The van der Waals surface area contributed by atoms with Gasteiger partial charge in [-0.1, -0.05) is 38.1 Å². The molecule has 8 nitrogen and oxygen atoms in total. The number of nitrogens with one attached hydrogen (secondary N) is 2. The fraction of sp³-hybridized carbons (Fsp3) is 0.360. The summed E-state index contributed by atoms with van der Waals surface area (Å²) in [4.78, 5) is 32.5. The van der Waals surface area contributed by atoms with E-state index in [0.29, 0.717) is 18.3 Å². The van der Waals surface area contributed by atoms with E-state index in [0.717, 1.165) is 34.2 Å². The molecule has 33 heavy (non-hydrogen) atoms. The zero-order valence-electron chi connectivity index (χ0n) is 19.1. The lowest BCUT2D eigenvalue weighted by Gasteiger charge is -2.22. The number of amides is 2. The van der Waals surface area contributed by atoms with Gasteiger partial charge in [-0.25, -0.2) is 4.98 Å². The van der Waals surface area contributed by atoms with Crippen molar-refractivity contribution < 1.29 is 9.59 Å². The first-order chi connectivity index (χ1) is 15.9. The van der Waals surface area contributed by atoms with Crippen LogP contribution < -0.4 is 10.2 Å². The molecule has 1 aliphatic rings. The summed E-state index contributed by atoms with van der Waals surface area (Å²) in [5.41, 5.74) is 2.81. The summed E-state index contributed by atoms with van der Waals surface area (Å²) < 4.78 is 2.05. The number of fused-ring (bicyclic) bond motifs is 2. The van der Waals surface area contributed by atoms with Crippen LogP contribution in [0.1, 0.15) is 38.6 Å². The highest BCUT2D eigenvalue weighted by atomic mass is 16.2. The molecule has 8 heteroatoms.